The summed E-state index contributed by atoms with van der Waals surface area (Å²) in [5.74, 6) is 0. The predicted octanol–water partition coefficient (Wildman–Crippen LogP) is 0.240. The van der Waals surface area contributed by atoms with Gasteiger partial charge >= 0.3 is 0 Å². The van der Waals surface area contributed by atoms with Gasteiger partial charge in [-0.3, -0.25) is 0 Å². The summed E-state index contributed by atoms with van der Waals surface area (Å²) in [7, 11) is 0. The maximum absolute atomic E-state index is 5.27. The van der Waals surface area contributed by atoms with Gasteiger partial charge in [0.25, 0.3) is 0 Å². The Hall–Kier alpha value is -0.340. The molecule has 0 bridgehead atoms. The van der Waals surface area contributed by atoms with Crippen LogP contribution in [0.25, 0.3) is 0 Å². The Morgan fingerprint density at radius 2 is 2.00 bits per heavy atom. The molecular weight excluding hydrogens is 100 g/mol. The highest BCUT2D eigenvalue weighted by atomic mass is 14.5. The minimum absolute atomic E-state index is 0.597. The van der Waals surface area contributed by atoms with Crippen molar-refractivity contribution in [1.82, 2.24) is 0 Å². The Kier molecular flexibility index (Phi) is 4.61. The first-order chi connectivity index (χ1) is 3.81. The zero-order valence-electron chi connectivity index (χ0n) is 5.19. The highest BCUT2D eigenvalue weighted by Gasteiger charge is 1.87. The largest absolute Gasteiger partial charge is 0.330 e. The summed E-state index contributed by atoms with van der Waals surface area (Å²) in [6, 6.07) is 0. The third-order valence-corrected chi connectivity index (χ3v) is 1.02. The van der Waals surface area contributed by atoms with E-state index in [0.717, 1.165) is 25.0 Å². The second-order valence-electron chi connectivity index (χ2n) is 1.85. The first-order valence-electron chi connectivity index (χ1n) is 2.88. The molecule has 0 saturated carbocycles. The molecule has 0 amide bonds. The van der Waals surface area contributed by atoms with Crippen molar-refractivity contribution in [3.8, 4) is 0 Å². The molecule has 0 spiro atoms. The topological polar surface area (TPSA) is 52.0 Å². The quantitative estimate of drug-likeness (QED) is 0.514. The molecule has 0 heterocycles. The van der Waals surface area contributed by atoms with Gasteiger partial charge < -0.3 is 11.5 Å². The van der Waals surface area contributed by atoms with E-state index in [9.17, 15) is 0 Å². The summed E-state index contributed by atoms with van der Waals surface area (Å²) < 4.78 is 0. The fourth-order valence-electron chi connectivity index (χ4n) is 0.454. The summed E-state index contributed by atoms with van der Waals surface area (Å²) in [5, 5.41) is 0. The van der Waals surface area contributed by atoms with Crippen LogP contribution < -0.4 is 11.5 Å². The lowest BCUT2D eigenvalue weighted by Gasteiger charge is -1.97. The van der Waals surface area contributed by atoms with Crippen LogP contribution in [0.2, 0.25) is 0 Å². The first-order valence-corrected chi connectivity index (χ1v) is 2.88. The second kappa shape index (κ2) is 4.81. The molecule has 2 heteroatoms. The van der Waals surface area contributed by atoms with Gasteiger partial charge in [-0.1, -0.05) is 12.2 Å². The van der Waals surface area contributed by atoms with Crippen LogP contribution in [0.5, 0.6) is 0 Å². The van der Waals surface area contributed by atoms with Gasteiger partial charge in [-0.25, -0.2) is 0 Å². The molecule has 0 unspecified atom stereocenters. The molecule has 4 N–H and O–H groups in total. The van der Waals surface area contributed by atoms with Crippen LogP contribution in [0.15, 0.2) is 12.2 Å². The summed E-state index contributed by atoms with van der Waals surface area (Å²) in [4.78, 5) is 0. The van der Waals surface area contributed by atoms with E-state index < -0.39 is 0 Å². The molecule has 0 aliphatic rings. The van der Waals surface area contributed by atoms with Gasteiger partial charge in [-0.15, -0.1) is 0 Å². The number of nitrogens with two attached hydrogens (primary N) is 2. The highest BCUT2D eigenvalue weighted by Crippen LogP contribution is 1.96. The Balaban J connectivity index is 2.99. The lowest BCUT2D eigenvalue weighted by Crippen LogP contribution is -2.04. The Morgan fingerprint density at radius 1 is 1.38 bits per heavy atom. The molecule has 0 fully saturated rings. The van der Waals surface area contributed by atoms with Gasteiger partial charge in [0, 0.05) is 6.54 Å². The van der Waals surface area contributed by atoms with Crippen LogP contribution in [0.1, 0.15) is 12.8 Å². The summed E-state index contributed by atoms with van der Waals surface area (Å²) >= 11 is 0. The molecule has 8 heavy (non-hydrogen) atoms. The minimum atomic E-state index is 0.597. The first kappa shape index (κ1) is 7.66. The van der Waals surface area contributed by atoms with Gasteiger partial charge in [0.15, 0.2) is 0 Å². The smallest absolute Gasteiger partial charge is 0.0134 e. The molecule has 0 aromatic heterocycles. The van der Waals surface area contributed by atoms with Gasteiger partial charge in [0.2, 0.25) is 0 Å². The van der Waals surface area contributed by atoms with Crippen molar-refractivity contribution in [1.29, 1.82) is 0 Å². The average molecular weight is 114 g/mol. The van der Waals surface area contributed by atoms with Crippen LogP contribution in [-0.2, 0) is 0 Å². The van der Waals surface area contributed by atoms with E-state index in [-0.39, 0.29) is 0 Å². The van der Waals surface area contributed by atoms with Gasteiger partial charge in [0.05, 0.1) is 0 Å². The standard InChI is InChI=1S/C6H14N2/c1-6(5-8)3-2-4-7/h1-5,7-8H2. The highest BCUT2D eigenvalue weighted by molar-refractivity contribution is 4.94. The molecular formula is C6H14N2. The Morgan fingerprint density at radius 3 is 2.38 bits per heavy atom. The Bertz CT molecular complexity index is 68.9. The normalized spacial score (nSPS) is 9.25. The average Bonchev–Trinajstić information content (AvgIpc) is 1.83. The molecule has 0 aromatic carbocycles. The van der Waals surface area contributed by atoms with Crippen molar-refractivity contribution in [3.63, 3.8) is 0 Å². The van der Waals surface area contributed by atoms with Crippen molar-refractivity contribution in [2.75, 3.05) is 13.1 Å². The molecule has 48 valence electrons. The third-order valence-electron chi connectivity index (χ3n) is 1.02. The van der Waals surface area contributed by atoms with E-state index in [1.807, 2.05) is 0 Å². The molecule has 0 aliphatic carbocycles. The number of rotatable bonds is 4. The van der Waals surface area contributed by atoms with Crippen LogP contribution in [-0.4, -0.2) is 13.1 Å². The summed E-state index contributed by atoms with van der Waals surface area (Å²) in [6.45, 7) is 5.06. The zero-order valence-corrected chi connectivity index (χ0v) is 5.19. The lowest BCUT2D eigenvalue weighted by atomic mass is 10.2. The molecule has 0 saturated heterocycles. The molecule has 2 nitrogen and oxygen atoms in total. The zero-order chi connectivity index (χ0) is 6.41. The van der Waals surface area contributed by atoms with E-state index in [1.54, 1.807) is 0 Å². The van der Waals surface area contributed by atoms with E-state index >= 15 is 0 Å². The lowest BCUT2D eigenvalue weighted by molar-refractivity contribution is 0.810. The maximum Gasteiger partial charge on any atom is 0.0134 e. The monoisotopic (exact) mass is 114 g/mol. The Labute approximate surface area is 50.6 Å². The van der Waals surface area contributed by atoms with Crippen molar-refractivity contribution in [2.45, 2.75) is 12.8 Å². The predicted molar refractivity (Wildman–Crippen MR) is 36.5 cm³/mol. The molecule has 0 aliphatic heterocycles. The maximum atomic E-state index is 5.27. The van der Waals surface area contributed by atoms with Gasteiger partial charge in [-0.05, 0) is 19.4 Å². The fourth-order valence-corrected chi connectivity index (χ4v) is 0.454. The van der Waals surface area contributed by atoms with Crippen LogP contribution >= 0.6 is 0 Å². The third kappa shape index (κ3) is 3.84. The minimum Gasteiger partial charge on any atom is -0.330 e. The SMILES string of the molecule is C=C(CN)CCCN. The number of hydrogen-bond acceptors (Lipinski definition) is 2. The second-order valence-corrected chi connectivity index (χ2v) is 1.85. The van der Waals surface area contributed by atoms with E-state index in [0.29, 0.717) is 6.54 Å². The van der Waals surface area contributed by atoms with Crippen LogP contribution in [0.3, 0.4) is 0 Å². The van der Waals surface area contributed by atoms with Crippen molar-refractivity contribution >= 4 is 0 Å². The molecule has 0 rings (SSSR count). The van der Waals surface area contributed by atoms with E-state index in [4.69, 9.17) is 11.5 Å². The molecule has 0 radical (unpaired) electrons. The fraction of sp³-hybridized carbons (Fsp3) is 0.667. The van der Waals surface area contributed by atoms with Crippen molar-refractivity contribution in [2.24, 2.45) is 11.5 Å². The van der Waals surface area contributed by atoms with Crippen LogP contribution in [0.4, 0.5) is 0 Å². The molecule has 0 atom stereocenters. The number of hydrogen-bond donors (Lipinski definition) is 2. The summed E-state index contributed by atoms with van der Waals surface area (Å²) in [6.07, 6.45) is 1.99. The van der Waals surface area contributed by atoms with E-state index in [2.05, 4.69) is 6.58 Å². The van der Waals surface area contributed by atoms with Gasteiger partial charge in [0.1, 0.15) is 0 Å². The van der Waals surface area contributed by atoms with Crippen molar-refractivity contribution < 1.29 is 0 Å². The summed E-state index contributed by atoms with van der Waals surface area (Å²) in [5.41, 5.74) is 11.6. The molecule has 0 aromatic rings. The van der Waals surface area contributed by atoms with Crippen molar-refractivity contribution in [3.05, 3.63) is 12.2 Å². The van der Waals surface area contributed by atoms with Gasteiger partial charge in [-0.2, -0.15) is 0 Å². The van der Waals surface area contributed by atoms with Crippen LogP contribution in [0, 0.1) is 0 Å². The van der Waals surface area contributed by atoms with E-state index in [1.165, 1.54) is 0 Å².